The molecule has 1 N–H and O–H groups in total. The summed E-state index contributed by atoms with van der Waals surface area (Å²) < 4.78 is 31.5. The molecule has 0 aliphatic heterocycles. The molecule has 0 saturated carbocycles. The van der Waals surface area contributed by atoms with Gasteiger partial charge in [-0.1, -0.05) is 36.2 Å². The minimum Gasteiger partial charge on any atom is -0.497 e. The van der Waals surface area contributed by atoms with E-state index in [1.807, 2.05) is 20.8 Å². The fraction of sp³-hybridized carbons (Fsp3) is 0.440. The Balaban J connectivity index is 2.48. The molecule has 0 aliphatic rings. The lowest BCUT2D eigenvalue weighted by atomic mass is 10.1. The van der Waals surface area contributed by atoms with Crippen LogP contribution in [0.4, 0.5) is 5.69 Å². The number of methoxy groups -OCH3 is 1. The van der Waals surface area contributed by atoms with E-state index < -0.39 is 34.1 Å². The molecule has 1 unspecified atom stereocenters. The summed E-state index contributed by atoms with van der Waals surface area (Å²) in [6, 6.07) is 10.3. The van der Waals surface area contributed by atoms with Crippen LogP contribution in [0.15, 0.2) is 42.5 Å². The average Bonchev–Trinajstić information content (AvgIpc) is 2.76. The number of hydrogen-bond donors (Lipinski definition) is 1. The van der Waals surface area contributed by atoms with Gasteiger partial charge in [-0.15, -0.1) is 0 Å². The average molecular weight is 559 g/mol. The number of rotatable bonds is 10. The number of amides is 2. The number of sulfonamides is 1. The highest BCUT2D eigenvalue weighted by Crippen LogP contribution is 2.26. The van der Waals surface area contributed by atoms with E-state index in [-0.39, 0.29) is 12.5 Å². The molecule has 2 aromatic rings. The zero-order valence-corrected chi connectivity index (χ0v) is 23.7. The molecule has 0 radical (unpaired) electrons. The molecule has 1 atom stereocenters. The van der Waals surface area contributed by atoms with Crippen LogP contribution in [0, 0.1) is 0 Å². The maximum atomic E-state index is 13.7. The second-order valence-electron chi connectivity index (χ2n) is 9.39. The van der Waals surface area contributed by atoms with Crippen molar-refractivity contribution >= 4 is 50.7 Å². The van der Waals surface area contributed by atoms with E-state index in [1.54, 1.807) is 49.4 Å². The van der Waals surface area contributed by atoms with E-state index in [0.29, 0.717) is 33.5 Å². The van der Waals surface area contributed by atoms with Crippen molar-refractivity contribution in [3.8, 4) is 5.75 Å². The second kappa shape index (κ2) is 12.2. The molecule has 2 rings (SSSR count). The van der Waals surface area contributed by atoms with Gasteiger partial charge < -0.3 is 15.0 Å². The molecular formula is C25H33Cl2N3O5S. The smallest absolute Gasteiger partial charge is 0.244 e. The van der Waals surface area contributed by atoms with Crippen molar-refractivity contribution in [2.75, 3.05) is 24.2 Å². The van der Waals surface area contributed by atoms with Crippen molar-refractivity contribution < 1.29 is 22.7 Å². The van der Waals surface area contributed by atoms with Crippen LogP contribution in [0.25, 0.3) is 0 Å². The summed E-state index contributed by atoms with van der Waals surface area (Å²) in [7, 11) is -2.33. The third-order valence-electron chi connectivity index (χ3n) is 5.28. The van der Waals surface area contributed by atoms with Crippen LogP contribution >= 0.6 is 23.2 Å². The Morgan fingerprint density at radius 2 is 1.69 bits per heavy atom. The molecule has 11 heteroatoms. The number of carbonyl (C=O) groups excluding carboxylic acids is 2. The van der Waals surface area contributed by atoms with Crippen molar-refractivity contribution in [2.24, 2.45) is 0 Å². The number of nitrogens with one attached hydrogen (secondary N) is 1. The molecule has 0 bridgehead atoms. The van der Waals surface area contributed by atoms with Crippen molar-refractivity contribution in [2.45, 2.75) is 52.2 Å². The number of ether oxygens (including phenoxy) is 1. The number of nitrogens with zero attached hydrogens (tertiary/aromatic N) is 2. The number of halogens is 2. The van der Waals surface area contributed by atoms with Crippen LogP contribution in [0.3, 0.4) is 0 Å². The molecule has 0 aromatic heterocycles. The van der Waals surface area contributed by atoms with Crippen LogP contribution in [0.2, 0.25) is 10.0 Å². The van der Waals surface area contributed by atoms with Gasteiger partial charge in [0, 0.05) is 22.1 Å². The number of hydrogen-bond acceptors (Lipinski definition) is 5. The summed E-state index contributed by atoms with van der Waals surface area (Å²) in [5.41, 5.74) is 0.342. The van der Waals surface area contributed by atoms with Gasteiger partial charge in [0.05, 0.1) is 19.1 Å². The van der Waals surface area contributed by atoms with Gasteiger partial charge >= 0.3 is 0 Å². The third kappa shape index (κ3) is 8.28. The van der Waals surface area contributed by atoms with Crippen LogP contribution in [-0.4, -0.2) is 56.6 Å². The van der Waals surface area contributed by atoms with Crippen LogP contribution in [-0.2, 0) is 26.2 Å². The first kappa shape index (κ1) is 29.7. The molecule has 2 aromatic carbocycles. The topological polar surface area (TPSA) is 96.0 Å². The zero-order chi connectivity index (χ0) is 27.3. The number of carbonyl (C=O) groups is 2. The van der Waals surface area contributed by atoms with Gasteiger partial charge in [-0.2, -0.15) is 0 Å². The Morgan fingerprint density at radius 1 is 1.08 bits per heavy atom. The molecule has 2 amide bonds. The first-order valence-electron chi connectivity index (χ1n) is 11.3. The van der Waals surface area contributed by atoms with Gasteiger partial charge in [0.25, 0.3) is 0 Å². The minimum atomic E-state index is -3.83. The summed E-state index contributed by atoms with van der Waals surface area (Å²) in [4.78, 5) is 28.2. The summed E-state index contributed by atoms with van der Waals surface area (Å²) in [6.07, 6.45) is 1.33. The highest BCUT2D eigenvalue weighted by molar-refractivity contribution is 7.92. The minimum absolute atomic E-state index is 0.00881. The number of anilines is 1. The number of benzene rings is 2. The third-order valence-corrected chi connectivity index (χ3v) is 7.01. The Bertz CT molecular complexity index is 1180. The Labute approximate surface area is 223 Å². The van der Waals surface area contributed by atoms with Crippen LogP contribution < -0.4 is 14.4 Å². The van der Waals surface area contributed by atoms with Gasteiger partial charge in [-0.3, -0.25) is 13.9 Å². The lowest BCUT2D eigenvalue weighted by Gasteiger charge is -2.34. The summed E-state index contributed by atoms with van der Waals surface area (Å²) in [6.45, 7) is 6.80. The van der Waals surface area contributed by atoms with E-state index in [9.17, 15) is 18.0 Å². The molecular weight excluding hydrogens is 525 g/mol. The molecule has 0 saturated heterocycles. The lowest BCUT2D eigenvalue weighted by Crippen LogP contribution is -2.55. The first-order valence-corrected chi connectivity index (χ1v) is 13.9. The summed E-state index contributed by atoms with van der Waals surface area (Å²) in [5.74, 6) is -0.362. The largest absolute Gasteiger partial charge is 0.497 e. The quantitative estimate of drug-likeness (QED) is 0.464. The highest BCUT2D eigenvalue weighted by Gasteiger charge is 2.33. The molecule has 0 heterocycles. The highest BCUT2D eigenvalue weighted by atomic mass is 35.5. The van der Waals surface area contributed by atoms with Crippen LogP contribution in [0.5, 0.6) is 5.75 Å². The lowest BCUT2D eigenvalue weighted by molar-refractivity contribution is -0.141. The zero-order valence-electron chi connectivity index (χ0n) is 21.3. The fourth-order valence-corrected chi connectivity index (χ4v) is 4.89. The molecule has 36 heavy (non-hydrogen) atoms. The molecule has 0 fully saturated rings. The second-order valence-corrected chi connectivity index (χ2v) is 12.1. The molecule has 0 spiro atoms. The maximum Gasteiger partial charge on any atom is 0.244 e. The van der Waals surface area contributed by atoms with Crippen molar-refractivity contribution in [1.29, 1.82) is 0 Å². The maximum absolute atomic E-state index is 13.7. The first-order chi connectivity index (χ1) is 16.7. The SMILES string of the molecule is CCC(C(=O)NC(C)(C)C)N(Cc1ccc(Cl)cc1Cl)C(=O)CN(c1ccc(OC)cc1)S(C)(=O)=O. The van der Waals surface area contributed by atoms with Gasteiger partial charge in [0.1, 0.15) is 18.3 Å². The van der Waals surface area contributed by atoms with Crippen molar-refractivity contribution in [3.63, 3.8) is 0 Å². The van der Waals surface area contributed by atoms with Gasteiger partial charge in [-0.25, -0.2) is 8.42 Å². The fourth-order valence-electron chi connectivity index (χ4n) is 3.57. The summed E-state index contributed by atoms with van der Waals surface area (Å²) >= 11 is 12.4. The van der Waals surface area contributed by atoms with Gasteiger partial charge in [0.2, 0.25) is 21.8 Å². The molecule has 8 nitrogen and oxygen atoms in total. The van der Waals surface area contributed by atoms with Gasteiger partial charge in [0.15, 0.2) is 0 Å². The normalized spacial score (nSPS) is 12.6. The molecule has 198 valence electrons. The van der Waals surface area contributed by atoms with Crippen LogP contribution in [0.1, 0.15) is 39.7 Å². The van der Waals surface area contributed by atoms with Gasteiger partial charge in [-0.05, 0) is 69.2 Å². The Hall–Kier alpha value is -2.49. The van der Waals surface area contributed by atoms with E-state index in [2.05, 4.69) is 5.32 Å². The predicted octanol–water partition coefficient (Wildman–Crippen LogP) is 4.49. The van der Waals surface area contributed by atoms with E-state index >= 15 is 0 Å². The Kier molecular flexibility index (Phi) is 10.0. The van der Waals surface area contributed by atoms with Crippen molar-refractivity contribution in [1.82, 2.24) is 10.2 Å². The van der Waals surface area contributed by atoms with E-state index in [0.717, 1.165) is 10.6 Å². The Morgan fingerprint density at radius 3 is 2.17 bits per heavy atom. The summed E-state index contributed by atoms with van der Waals surface area (Å²) in [5, 5.41) is 3.68. The predicted molar refractivity (Wildman–Crippen MR) is 144 cm³/mol. The monoisotopic (exact) mass is 557 g/mol. The van der Waals surface area contributed by atoms with E-state index in [1.165, 1.54) is 12.0 Å². The van der Waals surface area contributed by atoms with E-state index in [4.69, 9.17) is 27.9 Å². The standard InChI is InChI=1S/C25H33Cl2N3O5S/c1-7-22(24(32)28-25(2,3)4)29(15-17-8-9-18(26)14-21(17)27)23(31)16-30(36(6,33)34)19-10-12-20(35-5)13-11-19/h8-14,22H,7,15-16H2,1-6H3,(H,28,32). The molecule has 0 aliphatic carbocycles. The van der Waals surface area contributed by atoms with Crippen molar-refractivity contribution in [3.05, 3.63) is 58.1 Å².